The van der Waals surface area contributed by atoms with Crippen molar-refractivity contribution in [1.29, 1.82) is 0 Å². The van der Waals surface area contributed by atoms with Gasteiger partial charge >= 0.3 is 0 Å². The van der Waals surface area contributed by atoms with E-state index in [1.54, 1.807) is 6.20 Å². The summed E-state index contributed by atoms with van der Waals surface area (Å²) in [6, 6.07) is 9.40. The van der Waals surface area contributed by atoms with Gasteiger partial charge in [0.25, 0.3) is 0 Å². The second-order valence-corrected chi connectivity index (χ2v) is 3.97. The van der Waals surface area contributed by atoms with Crippen LogP contribution in [0.1, 0.15) is 25.0 Å². The first-order valence-electron chi connectivity index (χ1n) is 5.50. The number of aliphatic hydroxyl groups is 1. The molecule has 1 aromatic carbocycles. The maximum Gasteiger partial charge on any atom is 0.0940 e. The summed E-state index contributed by atoms with van der Waals surface area (Å²) in [7, 11) is 0. The molecule has 1 heterocycles. The van der Waals surface area contributed by atoms with Crippen molar-refractivity contribution in [1.82, 2.24) is 4.98 Å². The Labute approximate surface area is 94.9 Å². The lowest BCUT2D eigenvalue weighted by Crippen LogP contribution is -2.27. The van der Waals surface area contributed by atoms with E-state index in [-0.39, 0.29) is 6.04 Å². The number of rotatable bonds is 3. The van der Waals surface area contributed by atoms with Crippen molar-refractivity contribution in [2.45, 2.75) is 25.5 Å². The molecule has 2 rings (SSSR count). The Morgan fingerprint density at radius 1 is 1.38 bits per heavy atom. The molecule has 0 aliphatic heterocycles. The molecule has 2 atom stereocenters. The van der Waals surface area contributed by atoms with Crippen molar-refractivity contribution in [2.75, 3.05) is 0 Å². The van der Waals surface area contributed by atoms with Gasteiger partial charge in [-0.1, -0.05) is 19.1 Å². The van der Waals surface area contributed by atoms with E-state index in [4.69, 9.17) is 5.73 Å². The Bertz CT molecular complexity index is 484. The maximum absolute atomic E-state index is 10.0. The third kappa shape index (κ3) is 2.05. The minimum Gasteiger partial charge on any atom is -0.387 e. The summed E-state index contributed by atoms with van der Waals surface area (Å²) in [5, 5.41) is 11.0. The first kappa shape index (κ1) is 11.0. The van der Waals surface area contributed by atoms with Gasteiger partial charge in [-0.15, -0.1) is 0 Å². The van der Waals surface area contributed by atoms with Gasteiger partial charge in [-0.2, -0.15) is 0 Å². The van der Waals surface area contributed by atoms with Crippen molar-refractivity contribution in [3.05, 3.63) is 42.1 Å². The fourth-order valence-electron chi connectivity index (χ4n) is 1.75. The molecule has 0 amide bonds. The van der Waals surface area contributed by atoms with Crippen LogP contribution >= 0.6 is 0 Å². The molecule has 0 radical (unpaired) electrons. The van der Waals surface area contributed by atoms with Crippen LogP contribution in [0.3, 0.4) is 0 Å². The van der Waals surface area contributed by atoms with Crippen LogP contribution in [-0.2, 0) is 0 Å². The highest BCUT2D eigenvalue weighted by Crippen LogP contribution is 2.21. The van der Waals surface area contributed by atoms with E-state index in [1.165, 1.54) is 0 Å². The Kier molecular flexibility index (Phi) is 3.17. The van der Waals surface area contributed by atoms with E-state index in [0.29, 0.717) is 0 Å². The van der Waals surface area contributed by atoms with Crippen LogP contribution in [0.4, 0.5) is 0 Å². The molecule has 3 nitrogen and oxygen atoms in total. The van der Waals surface area contributed by atoms with Gasteiger partial charge in [0.1, 0.15) is 0 Å². The molecule has 1 aromatic heterocycles. The largest absolute Gasteiger partial charge is 0.387 e. The van der Waals surface area contributed by atoms with Gasteiger partial charge in [0.15, 0.2) is 0 Å². The monoisotopic (exact) mass is 216 g/mol. The van der Waals surface area contributed by atoms with Gasteiger partial charge < -0.3 is 10.8 Å². The third-order valence-corrected chi connectivity index (χ3v) is 2.85. The average molecular weight is 216 g/mol. The number of nitrogens with two attached hydrogens (primary N) is 1. The van der Waals surface area contributed by atoms with E-state index < -0.39 is 6.10 Å². The molecule has 0 bridgehead atoms. The number of fused-ring (bicyclic) bond motifs is 1. The second-order valence-electron chi connectivity index (χ2n) is 3.97. The fraction of sp³-hybridized carbons (Fsp3) is 0.308. The second kappa shape index (κ2) is 4.60. The molecule has 3 N–H and O–H groups in total. The number of pyridine rings is 1. The first-order valence-corrected chi connectivity index (χ1v) is 5.50. The van der Waals surface area contributed by atoms with Gasteiger partial charge in [0.05, 0.1) is 11.6 Å². The Balaban J connectivity index is 2.39. The van der Waals surface area contributed by atoms with Crippen LogP contribution in [0.15, 0.2) is 36.5 Å². The lowest BCUT2D eigenvalue weighted by atomic mass is 9.99. The van der Waals surface area contributed by atoms with E-state index in [0.717, 1.165) is 22.9 Å². The minimum absolute atomic E-state index is 0.214. The normalized spacial score (nSPS) is 14.9. The number of hydrogen-bond donors (Lipinski definition) is 2. The molecule has 0 spiro atoms. The standard InChI is InChI=1S/C13H16N2O/c1-2-11(14)13(16)10-5-6-12-9(8-10)4-3-7-15-12/h3-8,11,13,16H,2,14H2,1H3. The SMILES string of the molecule is CCC(N)C(O)c1ccc2ncccc2c1. The van der Waals surface area contributed by atoms with Crippen molar-refractivity contribution < 1.29 is 5.11 Å². The number of nitrogens with zero attached hydrogens (tertiary/aromatic N) is 1. The predicted octanol–water partition coefficient (Wildman–Crippen LogP) is 2.01. The van der Waals surface area contributed by atoms with Gasteiger partial charge in [-0.25, -0.2) is 0 Å². The number of aromatic nitrogens is 1. The summed E-state index contributed by atoms with van der Waals surface area (Å²) in [4.78, 5) is 4.23. The van der Waals surface area contributed by atoms with E-state index >= 15 is 0 Å². The quantitative estimate of drug-likeness (QED) is 0.825. The van der Waals surface area contributed by atoms with Crippen LogP contribution in [0.25, 0.3) is 10.9 Å². The molecule has 16 heavy (non-hydrogen) atoms. The average Bonchev–Trinajstić information content (AvgIpc) is 2.36. The molecule has 0 saturated carbocycles. The molecule has 3 heteroatoms. The predicted molar refractivity (Wildman–Crippen MR) is 65.0 cm³/mol. The van der Waals surface area contributed by atoms with Crippen molar-refractivity contribution >= 4 is 10.9 Å². The van der Waals surface area contributed by atoms with Crippen molar-refractivity contribution in [3.63, 3.8) is 0 Å². The minimum atomic E-state index is -0.602. The molecule has 0 aliphatic rings. The van der Waals surface area contributed by atoms with Crippen LogP contribution in [-0.4, -0.2) is 16.1 Å². The lowest BCUT2D eigenvalue weighted by Gasteiger charge is -2.17. The fourth-order valence-corrected chi connectivity index (χ4v) is 1.75. The Morgan fingerprint density at radius 3 is 2.94 bits per heavy atom. The molecule has 0 saturated heterocycles. The molecular weight excluding hydrogens is 200 g/mol. The van der Waals surface area contributed by atoms with Gasteiger partial charge in [-0.3, -0.25) is 4.98 Å². The number of aliphatic hydroxyl groups excluding tert-OH is 1. The zero-order valence-corrected chi connectivity index (χ0v) is 9.30. The van der Waals surface area contributed by atoms with Crippen molar-refractivity contribution in [3.8, 4) is 0 Å². The van der Waals surface area contributed by atoms with E-state index in [9.17, 15) is 5.11 Å². The Morgan fingerprint density at radius 2 is 2.19 bits per heavy atom. The molecule has 2 unspecified atom stereocenters. The summed E-state index contributed by atoms with van der Waals surface area (Å²) in [6.07, 6.45) is 1.91. The van der Waals surface area contributed by atoms with E-state index in [2.05, 4.69) is 4.98 Å². The van der Waals surface area contributed by atoms with Crippen LogP contribution in [0.5, 0.6) is 0 Å². The summed E-state index contributed by atoms with van der Waals surface area (Å²) in [5.74, 6) is 0. The molecule has 84 valence electrons. The van der Waals surface area contributed by atoms with Gasteiger partial charge in [-0.05, 0) is 30.2 Å². The molecule has 0 fully saturated rings. The van der Waals surface area contributed by atoms with Gasteiger partial charge in [0.2, 0.25) is 0 Å². The summed E-state index contributed by atoms with van der Waals surface area (Å²) < 4.78 is 0. The maximum atomic E-state index is 10.0. The highest BCUT2D eigenvalue weighted by atomic mass is 16.3. The topological polar surface area (TPSA) is 59.1 Å². The number of hydrogen-bond acceptors (Lipinski definition) is 3. The summed E-state index contributed by atoms with van der Waals surface area (Å²) in [5.41, 5.74) is 7.62. The highest BCUT2D eigenvalue weighted by Gasteiger charge is 2.15. The zero-order chi connectivity index (χ0) is 11.5. The van der Waals surface area contributed by atoms with Crippen molar-refractivity contribution in [2.24, 2.45) is 5.73 Å². The first-order chi connectivity index (χ1) is 7.72. The summed E-state index contributed by atoms with van der Waals surface area (Å²) in [6.45, 7) is 1.97. The highest BCUT2D eigenvalue weighted by molar-refractivity contribution is 5.79. The smallest absolute Gasteiger partial charge is 0.0940 e. The molecule has 2 aromatic rings. The van der Waals surface area contributed by atoms with E-state index in [1.807, 2.05) is 37.3 Å². The molecular formula is C13H16N2O. The third-order valence-electron chi connectivity index (χ3n) is 2.85. The van der Waals surface area contributed by atoms with Crippen LogP contribution < -0.4 is 5.73 Å². The Hall–Kier alpha value is -1.45. The summed E-state index contributed by atoms with van der Waals surface area (Å²) >= 11 is 0. The zero-order valence-electron chi connectivity index (χ0n) is 9.30. The lowest BCUT2D eigenvalue weighted by molar-refractivity contribution is 0.144. The van der Waals surface area contributed by atoms with Crippen LogP contribution in [0, 0.1) is 0 Å². The number of benzene rings is 1. The molecule has 0 aliphatic carbocycles. The van der Waals surface area contributed by atoms with Crippen LogP contribution in [0.2, 0.25) is 0 Å². The van der Waals surface area contributed by atoms with Gasteiger partial charge in [0, 0.05) is 17.6 Å².